The van der Waals surface area contributed by atoms with Gasteiger partial charge in [0.15, 0.2) is 0 Å². The number of aliphatic carboxylic acids is 1. The SMILES string of the molecule is CN(C)C(=O)N(C)Cc1cccc(C=CC(=O)O)c1. The molecule has 0 aromatic heterocycles. The van der Waals surface area contributed by atoms with Crippen molar-refractivity contribution in [2.24, 2.45) is 0 Å². The summed E-state index contributed by atoms with van der Waals surface area (Å²) in [6, 6.07) is 7.34. The minimum Gasteiger partial charge on any atom is -0.478 e. The van der Waals surface area contributed by atoms with Crippen LogP contribution in [0.5, 0.6) is 0 Å². The van der Waals surface area contributed by atoms with Gasteiger partial charge in [-0.05, 0) is 23.3 Å². The molecule has 1 rings (SSSR count). The van der Waals surface area contributed by atoms with Crippen LogP contribution in [0.3, 0.4) is 0 Å². The molecule has 0 aliphatic heterocycles. The van der Waals surface area contributed by atoms with Crippen LogP contribution in [-0.2, 0) is 11.3 Å². The largest absolute Gasteiger partial charge is 0.478 e. The molecule has 5 heteroatoms. The van der Waals surface area contributed by atoms with Crippen molar-refractivity contribution in [3.05, 3.63) is 41.5 Å². The molecule has 0 bridgehead atoms. The Labute approximate surface area is 112 Å². The van der Waals surface area contributed by atoms with Crippen molar-refractivity contribution >= 4 is 18.1 Å². The van der Waals surface area contributed by atoms with Crippen LogP contribution in [0.4, 0.5) is 4.79 Å². The second kappa shape index (κ2) is 6.58. The van der Waals surface area contributed by atoms with Gasteiger partial charge in [0.2, 0.25) is 0 Å². The number of urea groups is 1. The first kappa shape index (κ1) is 14.8. The number of carbonyl (C=O) groups excluding carboxylic acids is 1. The normalized spacial score (nSPS) is 10.5. The lowest BCUT2D eigenvalue weighted by Crippen LogP contribution is -2.35. The van der Waals surface area contributed by atoms with E-state index in [4.69, 9.17) is 5.11 Å². The Morgan fingerprint density at radius 3 is 2.53 bits per heavy atom. The summed E-state index contributed by atoms with van der Waals surface area (Å²) < 4.78 is 0. The average molecular weight is 262 g/mol. The molecule has 0 aliphatic rings. The molecule has 0 saturated carbocycles. The second-order valence-corrected chi connectivity index (χ2v) is 4.45. The third-order valence-electron chi connectivity index (χ3n) is 2.50. The zero-order valence-electron chi connectivity index (χ0n) is 11.3. The van der Waals surface area contributed by atoms with Gasteiger partial charge >= 0.3 is 12.0 Å². The highest BCUT2D eigenvalue weighted by Crippen LogP contribution is 2.10. The van der Waals surface area contributed by atoms with E-state index in [9.17, 15) is 9.59 Å². The Bertz CT molecular complexity index is 495. The Morgan fingerprint density at radius 1 is 1.26 bits per heavy atom. The van der Waals surface area contributed by atoms with E-state index in [1.54, 1.807) is 26.0 Å². The van der Waals surface area contributed by atoms with E-state index in [1.165, 1.54) is 11.0 Å². The maximum atomic E-state index is 11.7. The summed E-state index contributed by atoms with van der Waals surface area (Å²) in [6.07, 6.45) is 2.62. The number of carboxylic acids is 1. The molecule has 19 heavy (non-hydrogen) atoms. The van der Waals surface area contributed by atoms with E-state index < -0.39 is 5.97 Å². The standard InChI is InChI=1S/C14H18N2O3/c1-15(2)14(19)16(3)10-12-6-4-5-11(9-12)7-8-13(17)18/h4-9H,10H2,1-3H3,(H,17,18). The van der Waals surface area contributed by atoms with Crippen LogP contribution in [0.2, 0.25) is 0 Å². The van der Waals surface area contributed by atoms with Crippen LogP contribution in [-0.4, -0.2) is 48.0 Å². The zero-order valence-corrected chi connectivity index (χ0v) is 11.3. The van der Waals surface area contributed by atoms with E-state index in [0.717, 1.165) is 17.2 Å². The van der Waals surface area contributed by atoms with Crippen LogP contribution >= 0.6 is 0 Å². The molecule has 1 aromatic rings. The summed E-state index contributed by atoms with van der Waals surface area (Å²) in [5, 5.41) is 8.58. The number of benzene rings is 1. The highest BCUT2D eigenvalue weighted by molar-refractivity contribution is 5.85. The number of amides is 2. The molecular formula is C14H18N2O3. The van der Waals surface area contributed by atoms with Gasteiger partial charge in [0, 0.05) is 33.8 Å². The molecule has 0 heterocycles. The second-order valence-electron chi connectivity index (χ2n) is 4.45. The van der Waals surface area contributed by atoms with E-state index in [-0.39, 0.29) is 6.03 Å². The molecule has 1 aromatic carbocycles. The molecule has 0 fully saturated rings. The molecular weight excluding hydrogens is 244 g/mol. The van der Waals surface area contributed by atoms with Gasteiger partial charge in [-0.2, -0.15) is 0 Å². The lowest BCUT2D eigenvalue weighted by atomic mass is 10.1. The zero-order chi connectivity index (χ0) is 14.4. The highest BCUT2D eigenvalue weighted by Gasteiger charge is 2.10. The quantitative estimate of drug-likeness (QED) is 0.843. The van der Waals surface area contributed by atoms with Crippen LogP contribution in [0.25, 0.3) is 6.08 Å². The Hall–Kier alpha value is -2.30. The van der Waals surface area contributed by atoms with Gasteiger partial charge in [-0.3, -0.25) is 0 Å². The van der Waals surface area contributed by atoms with Crippen LogP contribution in [0, 0.1) is 0 Å². The monoisotopic (exact) mass is 262 g/mol. The fourth-order valence-corrected chi connectivity index (χ4v) is 1.65. The summed E-state index contributed by atoms with van der Waals surface area (Å²) in [7, 11) is 5.12. The smallest absolute Gasteiger partial charge is 0.328 e. The lowest BCUT2D eigenvalue weighted by Gasteiger charge is -2.21. The first-order valence-electron chi connectivity index (χ1n) is 5.82. The van der Waals surface area contributed by atoms with Crippen LogP contribution < -0.4 is 0 Å². The number of carbonyl (C=O) groups is 2. The van der Waals surface area contributed by atoms with Gasteiger partial charge in [-0.25, -0.2) is 9.59 Å². The van der Waals surface area contributed by atoms with Gasteiger partial charge in [0.05, 0.1) is 0 Å². The Morgan fingerprint density at radius 2 is 1.95 bits per heavy atom. The minimum absolute atomic E-state index is 0.0773. The van der Waals surface area contributed by atoms with Crippen molar-refractivity contribution in [3.8, 4) is 0 Å². The average Bonchev–Trinajstić information content (AvgIpc) is 2.35. The minimum atomic E-state index is -0.981. The fraction of sp³-hybridized carbons (Fsp3) is 0.286. The first-order valence-corrected chi connectivity index (χ1v) is 5.82. The molecule has 0 saturated heterocycles. The third kappa shape index (κ3) is 4.83. The predicted molar refractivity (Wildman–Crippen MR) is 73.7 cm³/mol. The van der Waals surface area contributed by atoms with Crippen molar-refractivity contribution in [1.82, 2.24) is 9.80 Å². The molecule has 102 valence electrons. The maximum absolute atomic E-state index is 11.7. The Kier molecular flexibility index (Phi) is 5.11. The van der Waals surface area contributed by atoms with Crippen molar-refractivity contribution in [2.45, 2.75) is 6.54 Å². The molecule has 2 amide bonds. The summed E-state index contributed by atoms with van der Waals surface area (Å²) >= 11 is 0. The molecule has 0 atom stereocenters. The van der Waals surface area contributed by atoms with Gasteiger partial charge in [-0.1, -0.05) is 18.2 Å². The number of hydrogen-bond donors (Lipinski definition) is 1. The van der Waals surface area contributed by atoms with Crippen molar-refractivity contribution in [3.63, 3.8) is 0 Å². The van der Waals surface area contributed by atoms with Gasteiger partial charge in [0.1, 0.15) is 0 Å². The van der Waals surface area contributed by atoms with Crippen molar-refractivity contribution < 1.29 is 14.7 Å². The van der Waals surface area contributed by atoms with E-state index in [2.05, 4.69) is 0 Å². The number of carboxylic acid groups (broad SMARTS) is 1. The summed E-state index contributed by atoms with van der Waals surface area (Å²) in [6.45, 7) is 0.478. The van der Waals surface area contributed by atoms with Crippen molar-refractivity contribution in [2.75, 3.05) is 21.1 Å². The molecule has 0 aliphatic carbocycles. The maximum Gasteiger partial charge on any atom is 0.328 e. The molecule has 0 radical (unpaired) electrons. The molecule has 0 unspecified atom stereocenters. The highest BCUT2D eigenvalue weighted by atomic mass is 16.4. The van der Waals surface area contributed by atoms with Gasteiger partial charge < -0.3 is 14.9 Å². The van der Waals surface area contributed by atoms with E-state index in [0.29, 0.717) is 6.54 Å². The third-order valence-corrected chi connectivity index (χ3v) is 2.50. The molecule has 5 nitrogen and oxygen atoms in total. The Balaban J connectivity index is 2.77. The number of nitrogens with zero attached hydrogens (tertiary/aromatic N) is 2. The molecule has 1 N–H and O–H groups in total. The summed E-state index contributed by atoms with van der Waals surface area (Å²) in [4.78, 5) is 25.3. The summed E-state index contributed by atoms with van der Waals surface area (Å²) in [5.41, 5.74) is 1.75. The number of rotatable bonds is 4. The number of hydrogen-bond acceptors (Lipinski definition) is 2. The van der Waals surface area contributed by atoms with Crippen LogP contribution in [0.1, 0.15) is 11.1 Å². The topological polar surface area (TPSA) is 60.9 Å². The first-order chi connectivity index (χ1) is 8.90. The summed E-state index contributed by atoms with van der Waals surface area (Å²) in [5.74, 6) is -0.981. The lowest BCUT2D eigenvalue weighted by molar-refractivity contribution is -0.131. The van der Waals surface area contributed by atoms with E-state index >= 15 is 0 Å². The predicted octanol–water partition coefficient (Wildman–Crippen LogP) is 1.90. The van der Waals surface area contributed by atoms with Crippen LogP contribution in [0.15, 0.2) is 30.3 Å². The molecule has 0 spiro atoms. The fourth-order valence-electron chi connectivity index (χ4n) is 1.65. The van der Waals surface area contributed by atoms with Gasteiger partial charge in [-0.15, -0.1) is 0 Å². The van der Waals surface area contributed by atoms with Crippen molar-refractivity contribution in [1.29, 1.82) is 0 Å². The van der Waals surface area contributed by atoms with E-state index in [1.807, 2.05) is 24.3 Å². The van der Waals surface area contributed by atoms with Gasteiger partial charge in [0.25, 0.3) is 0 Å².